The van der Waals surface area contributed by atoms with Crippen LogP contribution in [0.5, 0.6) is 11.5 Å². The Morgan fingerprint density at radius 1 is 0.897 bits per heavy atom. The van der Waals surface area contributed by atoms with Crippen LogP contribution in [-0.4, -0.2) is 10.9 Å². The van der Waals surface area contributed by atoms with E-state index in [4.69, 9.17) is 27.9 Å². The molecule has 0 saturated carbocycles. The highest BCUT2D eigenvalue weighted by atomic mass is 35.5. The highest BCUT2D eigenvalue weighted by Gasteiger charge is 2.12. The van der Waals surface area contributed by atoms with E-state index in [1.54, 1.807) is 18.2 Å². The molecule has 0 radical (unpaired) electrons. The van der Waals surface area contributed by atoms with Crippen molar-refractivity contribution in [2.75, 3.05) is 5.32 Å². The molecule has 0 aliphatic heterocycles. The van der Waals surface area contributed by atoms with Gasteiger partial charge < -0.3 is 4.74 Å². The largest absolute Gasteiger partial charge is 0.457 e. The summed E-state index contributed by atoms with van der Waals surface area (Å²) in [7, 11) is 0. The van der Waals surface area contributed by atoms with Crippen LogP contribution in [0.15, 0.2) is 78.2 Å². The fraction of sp³-hybridized carbons (Fsp3) is 0. The molecule has 3 aromatic carbocycles. The topological polar surface area (TPSA) is 51.2 Å². The van der Waals surface area contributed by atoms with Gasteiger partial charge in [0.2, 0.25) is 0 Å². The van der Waals surface area contributed by atoms with Crippen molar-refractivity contribution in [3.63, 3.8) is 0 Å². The molecule has 1 heterocycles. The van der Waals surface area contributed by atoms with Crippen LogP contribution < -0.4 is 10.1 Å². The molecule has 29 heavy (non-hydrogen) atoms. The van der Waals surface area contributed by atoms with Gasteiger partial charge in [0.05, 0.1) is 5.69 Å². The Hall–Kier alpha value is -2.86. The van der Waals surface area contributed by atoms with Gasteiger partial charge in [-0.25, -0.2) is 4.98 Å². The number of aromatic nitrogens is 1. The van der Waals surface area contributed by atoms with E-state index in [0.29, 0.717) is 20.7 Å². The van der Waals surface area contributed by atoms with E-state index in [9.17, 15) is 4.79 Å². The summed E-state index contributed by atoms with van der Waals surface area (Å²) in [6.45, 7) is 0. The van der Waals surface area contributed by atoms with Crippen molar-refractivity contribution >= 4 is 45.6 Å². The van der Waals surface area contributed by atoms with Gasteiger partial charge in [0.1, 0.15) is 11.5 Å². The fourth-order valence-electron chi connectivity index (χ4n) is 2.64. The molecule has 4 rings (SSSR count). The third-order valence-electron chi connectivity index (χ3n) is 3.98. The smallest absolute Gasteiger partial charge is 0.257 e. The minimum Gasteiger partial charge on any atom is -0.457 e. The van der Waals surface area contributed by atoms with Crippen LogP contribution in [0.1, 0.15) is 10.4 Å². The molecule has 1 N–H and O–H groups in total. The zero-order chi connectivity index (χ0) is 20.2. The third kappa shape index (κ3) is 4.95. The first kappa shape index (κ1) is 19.5. The summed E-state index contributed by atoms with van der Waals surface area (Å²) >= 11 is 13.3. The molecule has 144 valence electrons. The molecule has 4 nitrogen and oxygen atoms in total. The van der Waals surface area contributed by atoms with E-state index in [-0.39, 0.29) is 5.91 Å². The van der Waals surface area contributed by atoms with Gasteiger partial charge in [-0.15, -0.1) is 11.3 Å². The summed E-state index contributed by atoms with van der Waals surface area (Å²) in [6, 6.07) is 21.9. The zero-order valence-corrected chi connectivity index (χ0v) is 17.3. The summed E-state index contributed by atoms with van der Waals surface area (Å²) in [5.41, 5.74) is 2.07. The summed E-state index contributed by atoms with van der Waals surface area (Å²) in [6.07, 6.45) is 0. The van der Waals surface area contributed by atoms with Gasteiger partial charge in [-0.1, -0.05) is 41.4 Å². The monoisotopic (exact) mass is 440 g/mol. The molecule has 0 spiro atoms. The maximum atomic E-state index is 12.4. The number of thiazole rings is 1. The molecule has 0 bridgehead atoms. The first-order valence-corrected chi connectivity index (χ1v) is 10.3. The Morgan fingerprint density at radius 2 is 1.55 bits per heavy atom. The van der Waals surface area contributed by atoms with Crippen LogP contribution >= 0.6 is 34.5 Å². The van der Waals surface area contributed by atoms with Crippen LogP contribution in [0.25, 0.3) is 11.3 Å². The number of hydrogen-bond donors (Lipinski definition) is 1. The molecule has 1 aromatic heterocycles. The average molecular weight is 441 g/mol. The van der Waals surface area contributed by atoms with E-state index in [0.717, 1.165) is 22.8 Å². The van der Waals surface area contributed by atoms with Crippen LogP contribution in [-0.2, 0) is 0 Å². The van der Waals surface area contributed by atoms with Crippen molar-refractivity contribution in [2.24, 2.45) is 0 Å². The number of ether oxygens (including phenoxy) is 1. The lowest BCUT2D eigenvalue weighted by Gasteiger charge is -2.06. The number of benzene rings is 3. The van der Waals surface area contributed by atoms with E-state index in [2.05, 4.69) is 10.3 Å². The van der Waals surface area contributed by atoms with E-state index in [1.807, 2.05) is 60.0 Å². The lowest BCUT2D eigenvalue weighted by molar-refractivity contribution is 0.102. The second-order valence-electron chi connectivity index (χ2n) is 6.09. The second kappa shape index (κ2) is 8.66. The lowest BCUT2D eigenvalue weighted by atomic mass is 10.2. The molecular weight excluding hydrogens is 427 g/mol. The normalized spacial score (nSPS) is 10.6. The summed E-state index contributed by atoms with van der Waals surface area (Å²) in [5.74, 6) is 1.20. The van der Waals surface area contributed by atoms with Crippen molar-refractivity contribution in [1.29, 1.82) is 0 Å². The Morgan fingerprint density at radius 3 is 2.24 bits per heavy atom. The van der Waals surface area contributed by atoms with E-state index < -0.39 is 0 Å². The zero-order valence-electron chi connectivity index (χ0n) is 14.9. The van der Waals surface area contributed by atoms with Gasteiger partial charge in [-0.3, -0.25) is 10.1 Å². The first-order chi connectivity index (χ1) is 14.1. The highest BCUT2D eigenvalue weighted by molar-refractivity contribution is 7.14. The number of carbonyl (C=O) groups excluding carboxylic acids is 1. The number of nitrogens with one attached hydrogen (secondary N) is 1. The molecule has 0 aliphatic rings. The van der Waals surface area contributed by atoms with Crippen molar-refractivity contribution in [1.82, 2.24) is 4.98 Å². The van der Waals surface area contributed by atoms with Gasteiger partial charge in [-0.05, 0) is 54.6 Å². The number of amides is 1. The molecule has 0 fully saturated rings. The van der Waals surface area contributed by atoms with Crippen molar-refractivity contribution in [2.45, 2.75) is 0 Å². The van der Waals surface area contributed by atoms with Crippen molar-refractivity contribution in [3.05, 3.63) is 93.8 Å². The maximum absolute atomic E-state index is 12.4. The number of nitrogens with zero attached hydrogens (tertiary/aromatic N) is 1. The van der Waals surface area contributed by atoms with Crippen LogP contribution in [0.4, 0.5) is 5.13 Å². The highest BCUT2D eigenvalue weighted by Crippen LogP contribution is 2.29. The Labute approximate surface area is 181 Å². The minimum atomic E-state index is -0.318. The molecule has 4 aromatic rings. The first-order valence-electron chi connectivity index (χ1n) is 8.63. The lowest BCUT2D eigenvalue weighted by Crippen LogP contribution is -2.11. The SMILES string of the molecule is O=C(Nc1nc(-c2ccc(Oc3ccccc3)cc2)cs1)c1cc(Cl)cc(Cl)c1. The van der Waals surface area contributed by atoms with Gasteiger partial charge in [0, 0.05) is 26.6 Å². The average Bonchev–Trinajstić information content (AvgIpc) is 3.17. The number of para-hydroxylation sites is 1. The van der Waals surface area contributed by atoms with Crippen LogP contribution in [0.2, 0.25) is 10.0 Å². The molecular formula is C22H14Cl2N2O2S. The Balaban J connectivity index is 1.45. The number of hydrogen-bond acceptors (Lipinski definition) is 4. The van der Waals surface area contributed by atoms with Crippen molar-refractivity contribution < 1.29 is 9.53 Å². The molecule has 1 amide bonds. The molecule has 0 atom stereocenters. The molecule has 0 aliphatic carbocycles. The summed E-state index contributed by atoms with van der Waals surface area (Å²) in [5, 5.41) is 5.95. The van der Waals surface area contributed by atoms with Crippen LogP contribution in [0, 0.1) is 0 Å². The number of carbonyl (C=O) groups is 1. The predicted molar refractivity (Wildman–Crippen MR) is 118 cm³/mol. The van der Waals surface area contributed by atoms with Gasteiger partial charge >= 0.3 is 0 Å². The Kier molecular flexibility index (Phi) is 5.81. The number of anilines is 1. The van der Waals surface area contributed by atoms with Gasteiger partial charge in [0.25, 0.3) is 5.91 Å². The number of rotatable bonds is 5. The minimum absolute atomic E-state index is 0.318. The molecule has 7 heteroatoms. The quantitative estimate of drug-likeness (QED) is 0.358. The second-order valence-corrected chi connectivity index (χ2v) is 7.82. The van der Waals surface area contributed by atoms with Crippen molar-refractivity contribution in [3.8, 4) is 22.8 Å². The van der Waals surface area contributed by atoms with Gasteiger partial charge in [0.15, 0.2) is 5.13 Å². The van der Waals surface area contributed by atoms with E-state index in [1.165, 1.54) is 11.3 Å². The predicted octanol–water partition coefficient (Wildman–Crippen LogP) is 7.16. The maximum Gasteiger partial charge on any atom is 0.257 e. The van der Waals surface area contributed by atoms with Gasteiger partial charge in [-0.2, -0.15) is 0 Å². The third-order valence-corrected chi connectivity index (χ3v) is 5.17. The number of halogens is 2. The molecule has 0 saturated heterocycles. The standard InChI is InChI=1S/C22H14Cl2N2O2S/c23-16-10-15(11-17(24)12-16)21(27)26-22-25-20(13-29-22)14-6-8-19(9-7-14)28-18-4-2-1-3-5-18/h1-13H,(H,25,26,27). The van der Waals surface area contributed by atoms with Crippen LogP contribution in [0.3, 0.4) is 0 Å². The van der Waals surface area contributed by atoms with E-state index >= 15 is 0 Å². The molecule has 0 unspecified atom stereocenters. The Bertz CT molecular complexity index is 1120. The summed E-state index contributed by atoms with van der Waals surface area (Å²) < 4.78 is 5.80. The summed E-state index contributed by atoms with van der Waals surface area (Å²) in [4.78, 5) is 16.9. The fourth-order valence-corrected chi connectivity index (χ4v) is 3.88.